The highest BCUT2D eigenvalue weighted by molar-refractivity contribution is 9.10. The number of hydrogen-bond acceptors (Lipinski definition) is 7. The highest BCUT2D eigenvalue weighted by atomic mass is 79.9. The number of ether oxygens (including phenoxy) is 3. The van der Waals surface area contributed by atoms with Crippen LogP contribution in [0.2, 0.25) is 0 Å². The van der Waals surface area contributed by atoms with E-state index in [2.05, 4.69) is 26.0 Å². The van der Waals surface area contributed by atoms with E-state index >= 15 is 0 Å². The van der Waals surface area contributed by atoms with Crippen LogP contribution in [0.1, 0.15) is 31.2 Å². The van der Waals surface area contributed by atoms with E-state index in [1.165, 1.54) is 25.1 Å². The van der Waals surface area contributed by atoms with Crippen molar-refractivity contribution in [3.05, 3.63) is 56.5 Å². The molecule has 0 fully saturated rings. The van der Waals surface area contributed by atoms with Crippen molar-refractivity contribution in [3.63, 3.8) is 0 Å². The normalized spacial score (nSPS) is 11.3. The van der Waals surface area contributed by atoms with Crippen LogP contribution in [-0.2, 0) is 4.79 Å². The number of hydrogen-bond donors (Lipinski definition) is 1. The van der Waals surface area contributed by atoms with Gasteiger partial charge in [-0.1, -0.05) is 29.8 Å². The average Bonchev–Trinajstić information content (AvgIpc) is 2.76. The number of nitrogens with zero attached hydrogens (tertiary/aromatic N) is 3. The Bertz CT molecular complexity index is 1230. The molecule has 1 aromatic heterocycles. The number of carboxylic acid groups (broad SMARTS) is 1. The number of aromatic nitrogens is 2. The molecule has 0 saturated carbocycles. The van der Waals surface area contributed by atoms with Crippen LogP contribution in [-0.4, -0.2) is 47.8 Å². The van der Waals surface area contributed by atoms with Gasteiger partial charge < -0.3 is 19.3 Å². The summed E-state index contributed by atoms with van der Waals surface area (Å²) in [4.78, 5) is 28.6. The SMILES string of the molecule is COc1cc(C=Nn2c(C(C)C)nc3ccc(Br)cc3c2=O)cc(OC)c1OCC(=O)O. The Balaban J connectivity index is 2.10. The Morgan fingerprint density at radius 2 is 1.88 bits per heavy atom. The van der Waals surface area contributed by atoms with Gasteiger partial charge in [0.15, 0.2) is 18.1 Å². The lowest BCUT2D eigenvalue weighted by Crippen LogP contribution is -2.23. The summed E-state index contributed by atoms with van der Waals surface area (Å²) in [7, 11) is 2.85. The number of methoxy groups -OCH3 is 2. The van der Waals surface area contributed by atoms with Crippen molar-refractivity contribution < 1.29 is 24.1 Å². The second-order valence-corrected chi connectivity index (χ2v) is 8.00. The molecule has 0 aliphatic carbocycles. The Labute approximate surface area is 192 Å². The van der Waals surface area contributed by atoms with E-state index in [9.17, 15) is 9.59 Å². The maximum atomic E-state index is 13.1. The fourth-order valence-electron chi connectivity index (χ4n) is 3.03. The quantitative estimate of drug-likeness (QED) is 0.466. The highest BCUT2D eigenvalue weighted by Crippen LogP contribution is 2.38. The molecule has 0 unspecified atom stereocenters. The lowest BCUT2D eigenvalue weighted by molar-refractivity contribution is -0.139. The van der Waals surface area contributed by atoms with E-state index < -0.39 is 12.6 Å². The third-order valence-electron chi connectivity index (χ3n) is 4.49. The molecule has 10 heteroatoms. The van der Waals surface area contributed by atoms with Crippen molar-refractivity contribution in [1.82, 2.24) is 9.66 Å². The van der Waals surface area contributed by atoms with Crippen LogP contribution in [0.25, 0.3) is 10.9 Å². The molecule has 0 aliphatic rings. The van der Waals surface area contributed by atoms with Crippen LogP contribution >= 0.6 is 15.9 Å². The van der Waals surface area contributed by atoms with Gasteiger partial charge in [0.2, 0.25) is 5.75 Å². The van der Waals surface area contributed by atoms with E-state index in [1.807, 2.05) is 19.9 Å². The number of fused-ring (bicyclic) bond motifs is 1. The molecule has 3 rings (SSSR count). The molecular formula is C22H22BrN3O6. The lowest BCUT2D eigenvalue weighted by atomic mass is 10.2. The number of aliphatic carboxylic acids is 1. The van der Waals surface area contributed by atoms with Crippen LogP contribution in [0.3, 0.4) is 0 Å². The maximum Gasteiger partial charge on any atom is 0.341 e. The third-order valence-corrected chi connectivity index (χ3v) is 4.99. The molecule has 0 aliphatic heterocycles. The molecule has 0 amide bonds. The van der Waals surface area contributed by atoms with Gasteiger partial charge in [-0.15, -0.1) is 0 Å². The second-order valence-electron chi connectivity index (χ2n) is 7.08. The molecule has 3 aromatic rings. The molecule has 2 aromatic carbocycles. The van der Waals surface area contributed by atoms with Crippen molar-refractivity contribution in [2.75, 3.05) is 20.8 Å². The lowest BCUT2D eigenvalue weighted by Gasteiger charge is -2.14. The van der Waals surface area contributed by atoms with Crippen molar-refractivity contribution >= 4 is 39.0 Å². The van der Waals surface area contributed by atoms with Gasteiger partial charge in [-0.25, -0.2) is 9.78 Å². The monoisotopic (exact) mass is 503 g/mol. The molecule has 32 heavy (non-hydrogen) atoms. The number of benzene rings is 2. The minimum absolute atomic E-state index is 0.0521. The summed E-state index contributed by atoms with van der Waals surface area (Å²) in [5.41, 5.74) is 0.852. The molecule has 0 saturated heterocycles. The Hall–Kier alpha value is -3.40. The zero-order chi connectivity index (χ0) is 23.4. The molecule has 168 valence electrons. The molecule has 0 radical (unpaired) electrons. The van der Waals surface area contributed by atoms with Gasteiger partial charge in [0.25, 0.3) is 5.56 Å². The predicted octanol–water partition coefficient (Wildman–Crippen LogP) is 3.65. The molecular weight excluding hydrogens is 482 g/mol. The van der Waals surface area contributed by atoms with Crippen LogP contribution in [0.4, 0.5) is 0 Å². The predicted molar refractivity (Wildman–Crippen MR) is 123 cm³/mol. The van der Waals surface area contributed by atoms with E-state index in [4.69, 9.17) is 19.3 Å². The van der Waals surface area contributed by atoms with E-state index in [1.54, 1.807) is 24.3 Å². The molecule has 9 nitrogen and oxygen atoms in total. The summed E-state index contributed by atoms with van der Waals surface area (Å²) in [5.74, 6) is 0.0286. The first-order valence-corrected chi connectivity index (χ1v) is 10.4. The van der Waals surface area contributed by atoms with Crippen molar-refractivity contribution in [3.8, 4) is 17.2 Å². The first-order chi connectivity index (χ1) is 15.2. The molecule has 1 heterocycles. The van der Waals surface area contributed by atoms with Gasteiger partial charge >= 0.3 is 5.97 Å². The van der Waals surface area contributed by atoms with Gasteiger partial charge in [0.05, 0.1) is 31.3 Å². The smallest absolute Gasteiger partial charge is 0.341 e. The van der Waals surface area contributed by atoms with Crippen LogP contribution in [0.15, 0.2) is 44.7 Å². The van der Waals surface area contributed by atoms with Crippen molar-refractivity contribution in [1.29, 1.82) is 0 Å². The fraction of sp³-hybridized carbons (Fsp3) is 0.273. The van der Waals surface area contributed by atoms with Gasteiger partial charge in [0, 0.05) is 16.0 Å². The average molecular weight is 504 g/mol. The van der Waals surface area contributed by atoms with Crippen molar-refractivity contribution in [2.45, 2.75) is 19.8 Å². The van der Waals surface area contributed by atoms with Gasteiger partial charge in [-0.05, 0) is 30.3 Å². The summed E-state index contributed by atoms with van der Waals surface area (Å²) in [6.07, 6.45) is 1.48. The molecule has 1 N–H and O–H groups in total. The second kappa shape index (κ2) is 9.82. The van der Waals surface area contributed by atoms with E-state index in [0.717, 1.165) is 4.47 Å². The fourth-order valence-corrected chi connectivity index (χ4v) is 3.39. The van der Waals surface area contributed by atoms with E-state index in [0.29, 0.717) is 22.3 Å². The number of rotatable bonds is 8. The van der Waals surface area contributed by atoms with Crippen LogP contribution < -0.4 is 19.8 Å². The molecule has 0 bridgehead atoms. The van der Waals surface area contributed by atoms with Crippen molar-refractivity contribution in [2.24, 2.45) is 5.10 Å². The minimum atomic E-state index is -1.13. The van der Waals surface area contributed by atoms with Gasteiger partial charge in [0.1, 0.15) is 5.82 Å². The summed E-state index contributed by atoms with van der Waals surface area (Å²) in [5, 5.41) is 13.7. The molecule has 0 spiro atoms. The summed E-state index contributed by atoms with van der Waals surface area (Å²) >= 11 is 3.38. The Kier molecular flexibility index (Phi) is 7.14. The zero-order valence-corrected chi connectivity index (χ0v) is 19.5. The van der Waals surface area contributed by atoms with Gasteiger partial charge in [-0.3, -0.25) is 4.79 Å². The Morgan fingerprint density at radius 1 is 1.22 bits per heavy atom. The first-order valence-electron chi connectivity index (χ1n) is 9.62. The largest absolute Gasteiger partial charge is 0.493 e. The number of carboxylic acids is 1. The maximum absolute atomic E-state index is 13.1. The highest BCUT2D eigenvalue weighted by Gasteiger charge is 2.16. The van der Waals surface area contributed by atoms with Crippen LogP contribution in [0.5, 0.6) is 17.2 Å². The Morgan fingerprint density at radius 3 is 2.44 bits per heavy atom. The minimum Gasteiger partial charge on any atom is -0.493 e. The third kappa shape index (κ3) is 4.91. The van der Waals surface area contributed by atoms with Crippen LogP contribution in [0, 0.1) is 0 Å². The summed E-state index contributed by atoms with van der Waals surface area (Å²) in [6.45, 7) is 3.31. The van der Waals surface area contributed by atoms with E-state index in [-0.39, 0.29) is 28.7 Å². The summed E-state index contributed by atoms with van der Waals surface area (Å²) in [6, 6.07) is 8.54. The number of carbonyl (C=O) groups is 1. The zero-order valence-electron chi connectivity index (χ0n) is 18.0. The number of halogens is 1. The van der Waals surface area contributed by atoms with Gasteiger partial charge in [-0.2, -0.15) is 9.78 Å². The molecule has 0 atom stereocenters. The first kappa shape index (κ1) is 23.3. The summed E-state index contributed by atoms with van der Waals surface area (Å²) < 4.78 is 18.0. The standard InChI is InChI=1S/C22H22BrN3O6/c1-12(2)21-25-16-6-5-14(23)9-15(16)22(29)26(21)24-10-13-7-17(30-3)20(18(8-13)31-4)32-11-19(27)28/h5-10,12H,11H2,1-4H3,(H,27,28). The topological polar surface area (TPSA) is 112 Å².